The number of carbonyl (C=O) groups is 1. The second kappa shape index (κ2) is 8.56. The number of esters is 1. The van der Waals surface area contributed by atoms with Crippen molar-refractivity contribution < 1.29 is 19.7 Å². The summed E-state index contributed by atoms with van der Waals surface area (Å²) >= 11 is 0. The van der Waals surface area contributed by atoms with Crippen LogP contribution in [0, 0.1) is 50.2 Å². The van der Waals surface area contributed by atoms with Crippen LogP contribution in [0.3, 0.4) is 0 Å². The third-order valence-electron chi connectivity index (χ3n) is 13.4. The standard InChI is InChI=1S/C33H54O4/c1-9-18-37-27(36)33-16-14-28(2,3)19-22(33)21-10-11-25-30(6)20-23(34)26(35)29(4,5)24(30)12-13-32(25,8)31(21,7)15-17-33/h10,22-26,34-35H,9,11-20H2,1-8H3/t22-,23-,24-,25-,26-,30-,31-,32+,33-/m0/s1. The van der Waals surface area contributed by atoms with Crippen LogP contribution in [0.5, 0.6) is 0 Å². The van der Waals surface area contributed by atoms with Gasteiger partial charge in [-0.25, -0.2) is 0 Å². The van der Waals surface area contributed by atoms with E-state index in [1.807, 2.05) is 0 Å². The molecule has 0 unspecified atom stereocenters. The number of rotatable bonds is 3. The van der Waals surface area contributed by atoms with Crippen molar-refractivity contribution in [3.05, 3.63) is 11.6 Å². The molecule has 4 heteroatoms. The van der Waals surface area contributed by atoms with Crippen LogP contribution in [0.2, 0.25) is 0 Å². The second-order valence-corrected chi connectivity index (χ2v) is 16.0. The van der Waals surface area contributed by atoms with Crippen molar-refractivity contribution in [3.8, 4) is 0 Å². The maximum Gasteiger partial charge on any atom is 0.312 e. The molecule has 4 saturated carbocycles. The Hall–Kier alpha value is -0.870. The van der Waals surface area contributed by atoms with Gasteiger partial charge in [0.05, 0.1) is 24.2 Å². The summed E-state index contributed by atoms with van der Waals surface area (Å²) < 4.78 is 5.92. The van der Waals surface area contributed by atoms with Crippen molar-refractivity contribution in [2.75, 3.05) is 6.61 Å². The molecule has 4 fully saturated rings. The molecule has 5 aliphatic carbocycles. The van der Waals surface area contributed by atoms with E-state index in [0.717, 1.165) is 57.8 Å². The fourth-order valence-corrected chi connectivity index (χ4v) is 11.1. The number of fused-ring (bicyclic) bond motifs is 7. The van der Waals surface area contributed by atoms with Gasteiger partial charge in [-0.2, -0.15) is 0 Å². The Kier molecular flexibility index (Phi) is 6.41. The first-order valence-corrected chi connectivity index (χ1v) is 15.3. The van der Waals surface area contributed by atoms with Gasteiger partial charge in [0.15, 0.2) is 0 Å². The molecule has 0 aromatic rings. The maximum absolute atomic E-state index is 13.7. The molecule has 210 valence electrons. The van der Waals surface area contributed by atoms with Gasteiger partial charge in [-0.15, -0.1) is 0 Å². The number of hydrogen-bond donors (Lipinski definition) is 2. The summed E-state index contributed by atoms with van der Waals surface area (Å²) in [6, 6.07) is 0. The Labute approximate surface area is 226 Å². The SMILES string of the molecule is CCCOC(=O)[C@]12CCC(C)(C)C[C@H]1C1=CC[C@H]3[C@@]4(C)C[C@H](O)[C@H](O)C(C)(C)[C@@H]4CC[C@@]3(C)[C@@]1(C)CC2. The van der Waals surface area contributed by atoms with Crippen LogP contribution in [0.4, 0.5) is 0 Å². The van der Waals surface area contributed by atoms with E-state index in [9.17, 15) is 15.0 Å². The third-order valence-corrected chi connectivity index (χ3v) is 13.4. The van der Waals surface area contributed by atoms with Gasteiger partial charge in [-0.05, 0) is 109 Å². The molecule has 4 nitrogen and oxygen atoms in total. The fraction of sp³-hybridized carbons (Fsp3) is 0.909. The monoisotopic (exact) mass is 514 g/mol. The molecule has 2 N–H and O–H groups in total. The smallest absolute Gasteiger partial charge is 0.312 e. The molecule has 0 radical (unpaired) electrons. The minimum Gasteiger partial charge on any atom is -0.465 e. The molecule has 0 aromatic heterocycles. The highest BCUT2D eigenvalue weighted by atomic mass is 16.5. The molecule has 9 atom stereocenters. The molecule has 0 spiro atoms. The molecule has 5 rings (SSSR count). The van der Waals surface area contributed by atoms with Gasteiger partial charge in [0.1, 0.15) is 0 Å². The van der Waals surface area contributed by atoms with Gasteiger partial charge >= 0.3 is 5.97 Å². The van der Waals surface area contributed by atoms with Crippen LogP contribution in [0.25, 0.3) is 0 Å². The Balaban J connectivity index is 1.58. The second-order valence-electron chi connectivity index (χ2n) is 16.0. The quantitative estimate of drug-likeness (QED) is 0.312. The maximum atomic E-state index is 13.7. The van der Waals surface area contributed by atoms with E-state index in [0.29, 0.717) is 24.9 Å². The van der Waals surface area contributed by atoms with Crippen molar-refractivity contribution in [3.63, 3.8) is 0 Å². The number of aliphatic hydroxyl groups excluding tert-OH is 2. The van der Waals surface area contributed by atoms with Crippen LogP contribution in [0.15, 0.2) is 11.6 Å². The Morgan fingerprint density at radius 3 is 2.30 bits per heavy atom. The van der Waals surface area contributed by atoms with Gasteiger partial charge in [0.25, 0.3) is 0 Å². The molecule has 0 aliphatic heterocycles. The molecule has 5 aliphatic rings. The Morgan fingerprint density at radius 2 is 1.62 bits per heavy atom. The lowest BCUT2D eigenvalue weighted by Crippen LogP contribution is -2.67. The zero-order valence-electron chi connectivity index (χ0n) is 25.0. The van der Waals surface area contributed by atoms with E-state index >= 15 is 0 Å². The van der Waals surface area contributed by atoms with E-state index in [4.69, 9.17) is 4.74 Å². The van der Waals surface area contributed by atoms with Gasteiger partial charge in [0, 0.05) is 0 Å². The molecule has 0 bridgehead atoms. The summed E-state index contributed by atoms with van der Waals surface area (Å²) in [5.74, 6) is 1.19. The predicted octanol–water partition coefficient (Wildman–Crippen LogP) is 7.07. The molecular formula is C33H54O4. The highest BCUT2D eigenvalue weighted by Crippen LogP contribution is 2.75. The number of ether oxygens (including phenoxy) is 1. The first-order chi connectivity index (χ1) is 17.1. The summed E-state index contributed by atoms with van der Waals surface area (Å²) in [5.41, 5.74) is 1.26. The number of hydrogen-bond acceptors (Lipinski definition) is 4. The van der Waals surface area contributed by atoms with Crippen molar-refractivity contribution in [1.29, 1.82) is 0 Å². The first kappa shape index (κ1) is 27.7. The Morgan fingerprint density at radius 1 is 0.946 bits per heavy atom. The van der Waals surface area contributed by atoms with Crippen LogP contribution in [-0.2, 0) is 9.53 Å². The van der Waals surface area contributed by atoms with E-state index < -0.39 is 12.2 Å². The summed E-state index contributed by atoms with van der Waals surface area (Å²) in [6.07, 6.45) is 11.1. The molecule has 0 saturated heterocycles. The number of allylic oxidation sites excluding steroid dienone is 2. The zero-order valence-corrected chi connectivity index (χ0v) is 25.0. The van der Waals surface area contributed by atoms with Gasteiger partial charge < -0.3 is 14.9 Å². The molecule has 0 aromatic carbocycles. The zero-order chi connectivity index (χ0) is 27.2. The predicted molar refractivity (Wildman–Crippen MR) is 148 cm³/mol. The van der Waals surface area contributed by atoms with Gasteiger partial charge in [-0.3, -0.25) is 4.79 Å². The average molecular weight is 515 g/mol. The number of carbonyl (C=O) groups excluding carboxylic acids is 1. The highest BCUT2D eigenvalue weighted by molar-refractivity contribution is 5.78. The molecule has 0 heterocycles. The lowest BCUT2D eigenvalue weighted by molar-refractivity contribution is -0.232. The van der Waals surface area contributed by atoms with Crippen molar-refractivity contribution in [1.82, 2.24) is 0 Å². The summed E-state index contributed by atoms with van der Waals surface area (Å²) in [6.45, 7) is 19.2. The van der Waals surface area contributed by atoms with Crippen molar-refractivity contribution in [2.45, 2.75) is 132 Å². The van der Waals surface area contributed by atoms with Crippen molar-refractivity contribution >= 4 is 5.97 Å². The first-order valence-electron chi connectivity index (χ1n) is 15.3. The summed E-state index contributed by atoms with van der Waals surface area (Å²) in [7, 11) is 0. The minimum absolute atomic E-state index is 0.0133. The van der Waals surface area contributed by atoms with Crippen LogP contribution < -0.4 is 0 Å². The average Bonchev–Trinajstić information content (AvgIpc) is 2.81. The third kappa shape index (κ3) is 3.63. The number of aliphatic hydroxyl groups is 2. The van der Waals surface area contributed by atoms with Gasteiger partial charge in [-0.1, -0.05) is 67.0 Å². The largest absolute Gasteiger partial charge is 0.465 e. The van der Waals surface area contributed by atoms with Crippen molar-refractivity contribution in [2.24, 2.45) is 50.2 Å². The van der Waals surface area contributed by atoms with Crippen LogP contribution >= 0.6 is 0 Å². The fourth-order valence-electron chi connectivity index (χ4n) is 11.1. The van der Waals surface area contributed by atoms with E-state index in [1.54, 1.807) is 5.57 Å². The topological polar surface area (TPSA) is 66.8 Å². The van der Waals surface area contributed by atoms with Gasteiger partial charge in [0.2, 0.25) is 0 Å². The highest BCUT2D eigenvalue weighted by Gasteiger charge is 2.70. The Bertz CT molecular complexity index is 965. The van der Waals surface area contributed by atoms with Crippen LogP contribution in [-0.4, -0.2) is 35.0 Å². The van der Waals surface area contributed by atoms with E-state index in [-0.39, 0.29) is 44.4 Å². The van der Waals surface area contributed by atoms with Crippen LogP contribution in [0.1, 0.15) is 120 Å². The molecule has 37 heavy (non-hydrogen) atoms. The minimum atomic E-state index is -0.664. The normalized spacial score (nSPS) is 50.0. The molecular weight excluding hydrogens is 460 g/mol. The van der Waals surface area contributed by atoms with E-state index in [2.05, 4.69) is 61.5 Å². The summed E-state index contributed by atoms with van der Waals surface area (Å²) in [5, 5.41) is 22.0. The lowest BCUT2D eigenvalue weighted by Gasteiger charge is -2.71. The van der Waals surface area contributed by atoms with E-state index in [1.165, 1.54) is 0 Å². The summed E-state index contributed by atoms with van der Waals surface area (Å²) in [4.78, 5) is 13.7. The molecule has 0 amide bonds. The lowest BCUT2D eigenvalue weighted by atomic mass is 9.33.